The van der Waals surface area contributed by atoms with Crippen molar-refractivity contribution < 1.29 is 0 Å². The minimum Gasteiger partial charge on any atom is -0.220 e. The lowest BCUT2D eigenvalue weighted by Crippen LogP contribution is -1.96. The predicted molar refractivity (Wildman–Crippen MR) is 69.5 cm³/mol. The molecule has 3 rings (SSSR count). The lowest BCUT2D eigenvalue weighted by molar-refractivity contribution is 0.929. The highest BCUT2D eigenvalue weighted by Gasteiger charge is 2.28. The monoisotopic (exact) mass is 264 g/mol. The number of hydrogen-bond acceptors (Lipinski definition) is 2. The first-order valence-electron chi connectivity index (χ1n) is 5.54. The Bertz CT molecular complexity index is 528. The Balaban J connectivity index is 2.11. The van der Waals surface area contributed by atoms with Crippen LogP contribution >= 0.6 is 23.2 Å². The van der Waals surface area contributed by atoms with Crippen LogP contribution in [0.4, 0.5) is 0 Å². The zero-order chi connectivity index (χ0) is 11.8. The Hall–Kier alpha value is -1.12. The molecule has 1 aromatic carbocycles. The first kappa shape index (κ1) is 11.0. The summed E-state index contributed by atoms with van der Waals surface area (Å²) in [6.07, 6.45) is 2.27. The van der Waals surface area contributed by atoms with Gasteiger partial charge in [0.15, 0.2) is 0 Å². The van der Waals surface area contributed by atoms with E-state index in [9.17, 15) is 0 Å². The summed E-state index contributed by atoms with van der Waals surface area (Å²) in [4.78, 5) is 8.68. The summed E-state index contributed by atoms with van der Waals surface area (Å²) in [5.74, 6) is 1.23. The van der Waals surface area contributed by atoms with Crippen LogP contribution in [-0.2, 0) is 0 Å². The molecular weight excluding hydrogens is 255 g/mol. The third kappa shape index (κ3) is 2.15. The van der Waals surface area contributed by atoms with E-state index in [1.54, 1.807) is 0 Å². The van der Waals surface area contributed by atoms with Gasteiger partial charge in [-0.15, -0.1) is 0 Å². The Kier molecular flexibility index (Phi) is 2.77. The molecule has 1 aliphatic rings. The van der Waals surface area contributed by atoms with Crippen LogP contribution in [0.5, 0.6) is 0 Å². The van der Waals surface area contributed by atoms with Gasteiger partial charge in [-0.3, -0.25) is 0 Å². The van der Waals surface area contributed by atoms with E-state index in [2.05, 4.69) is 9.97 Å². The molecule has 0 atom stereocenters. The average molecular weight is 265 g/mol. The van der Waals surface area contributed by atoms with Gasteiger partial charge in [-0.2, -0.15) is 0 Å². The lowest BCUT2D eigenvalue weighted by atomic mass is 10.1. The van der Waals surface area contributed by atoms with Gasteiger partial charge in [0.25, 0.3) is 0 Å². The zero-order valence-corrected chi connectivity index (χ0v) is 10.5. The SMILES string of the molecule is Clc1nc(C2CC2)nc(Cl)c1-c1ccccc1. The van der Waals surface area contributed by atoms with Crippen LogP contribution in [-0.4, -0.2) is 9.97 Å². The van der Waals surface area contributed by atoms with Gasteiger partial charge in [0.05, 0.1) is 5.56 Å². The van der Waals surface area contributed by atoms with Gasteiger partial charge in [0.1, 0.15) is 16.1 Å². The second-order valence-corrected chi connectivity index (χ2v) is 4.89. The van der Waals surface area contributed by atoms with Crippen molar-refractivity contribution in [2.24, 2.45) is 0 Å². The van der Waals surface area contributed by atoms with Crippen molar-refractivity contribution in [1.29, 1.82) is 0 Å². The summed E-state index contributed by atoms with van der Waals surface area (Å²) in [6.45, 7) is 0. The molecule has 4 heteroatoms. The lowest BCUT2D eigenvalue weighted by Gasteiger charge is -2.07. The van der Waals surface area contributed by atoms with Gasteiger partial charge in [-0.1, -0.05) is 53.5 Å². The topological polar surface area (TPSA) is 25.8 Å². The Morgan fingerprint density at radius 1 is 0.941 bits per heavy atom. The van der Waals surface area contributed by atoms with E-state index in [-0.39, 0.29) is 0 Å². The van der Waals surface area contributed by atoms with Gasteiger partial charge in [0, 0.05) is 5.92 Å². The normalized spacial score (nSPS) is 14.9. The van der Waals surface area contributed by atoms with Crippen LogP contribution in [0.25, 0.3) is 11.1 Å². The molecule has 1 aromatic heterocycles. The molecule has 0 bridgehead atoms. The van der Waals surface area contributed by atoms with Crippen molar-refractivity contribution in [2.45, 2.75) is 18.8 Å². The molecule has 1 aliphatic carbocycles. The summed E-state index contributed by atoms with van der Waals surface area (Å²) < 4.78 is 0. The smallest absolute Gasteiger partial charge is 0.142 e. The zero-order valence-electron chi connectivity index (χ0n) is 9.03. The van der Waals surface area contributed by atoms with Gasteiger partial charge in [-0.05, 0) is 18.4 Å². The predicted octanol–water partition coefficient (Wildman–Crippen LogP) is 4.33. The Labute approximate surface area is 110 Å². The van der Waals surface area contributed by atoms with Gasteiger partial charge in [-0.25, -0.2) is 9.97 Å². The van der Waals surface area contributed by atoms with Crippen molar-refractivity contribution in [3.05, 3.63) is 46.5 Å². The molecular formula is C13H10Cl2N2. The van der Waals surface area contributed by atoms with E-state index in [4.69, 9.17) is 23.2 Å². The summed E-state index contributed by atoms with van der Waals surface area (Å²) in [6, 6.07) is 9.73. The Morgan fingerprint density at radius 3 is 2.06 bits per heavy atom. The molecule has 1 saturated carbocycles. The molecule has 0 radical (unpaired) electrons. The highest BCUT2D eigenvalue weighted by molar-refractivity contribution is 6.37. The maximum atomic E-state index is 6.21. The van der Waals surface area contributed by atoms with E-state index in [1.165, 1.54) is 0 Å². The second kappa shape index (κ2) is 4.28. The molecule has 1 fully saturated rings. The summed E-state index contributed by atoms with van der Waals surface area (Å²) in [5.41, 5.74) is 1.67. The average Bonchev–Trinajstić information content (AvgIpc) is 3.13. The van der Waals surface area contributed by atoms with E-state index in [1.807, 2.05) is 30.3 Å². The molecule has 2 aromatic rings. The third-order valence-corrected chi connectivity index (χ3v) is 3.39. The molecule has 86 valence electrons. The standard InChI is InChI=1S/C13H10Cl2N2/c14-11-10(8-4-2-1-3-5-8)12(15)17-13(16-11)9-6-7-9/h1-5,9H,6-7H2. The molecule has 0 amide bonds. The molecule has 0 aliphatic heterocycles. The molecule has 2 nitrogen and oxygen atoms in total. The number of nitrogens with zero attached hydrogens (tertiary/aromatic N) is 2. The van der Waals surface area contributed by atoms with Crippen molar-refractivity contribution in [2.75, 3.05) is 0 Å². The van der Waals surface area contributed by atoms with Crippen LogP contribution < -0.4 is 0 Å². The first-order valence-corrected chi connectivity index (χ1v) is 6.29. The summed E-state index contributed by atoms with van der Waals surface area (Å²) in [5, 5.41) is 0.885. The van der Waals surface area contributed by atoms with E-state index < -0.39 is 0 Å². The summed E-state index contributed by atoms with van der Waals surface area (Å²) >= 11 is 12.4. The molecule has 0 unspecified atom stereocenters. The number of halogens is 2. The van der Waals surface area contributed by atoms with E-state index >= 15 is 0 Å². The minimum atomic E-state index is 0.443. The highest BCUT2D eigenvalue weighted by Crippen LogP contribution is 2.41. The maximum absolute atomic E-state index is 6.21. The van der Waals surface area contributed by atoms with Gasteiger partial charge >= 0.3 is 0 Å². The van der Waals surface area contributed by atoms with E-state index in [0.29, 0.717) is 16.2 Å². The number of benzene rings is 1. The number of aromatic nitrogens is 2. The molecule has 1 heterocycles. The first-order chi connectivity index (χ1) is 8.25. The van der Waals surface area contributed by atoms with Crippen LogP contribution in [0, 0.1) is 0 Å². The Morgan fingerprint density at radius 2 is 1.53 bits per heavy atom. The summed E-state index contributed by atoms with van der Waals surface area (Å²) in [7, 11) is 0. The fourth-order valence-electron chi connectivity index (χ4n) is 1.79. The van der Waals surface area contributed by atoms with Gasteiger partial charge < -0.3 is 0 Å². The maximum Gasteiger partial charge on any atom is 0.142 e. The van der Waals surface area contributed by atoms with Crippen molar-refractivity contribution in [3.8, 4) is 11.1 Å². The largest absolute Gasteiger partial charge is 0.220 e. The molecule has 0 spiro atoms. The number of rotatable bonds is 2. The molecule has 17 heavy (non-hydrogen) atoms. The van der Waals surface area contributed by atoms with Crippen molar-refractivity contribution in [3.63, 3.8) is 0 Å². The van der Waals surface area contributed by atoms with Crippen LogP contribution in [0.2, 0.25) is 10.3 Å². The van der Waals surface area contributed by atoms with Crippen LogP contribution in [0.15, 0.2) is 30.3 Å². The quantitative estimate of drug-likeness (QED) is 0.755. The number of hydrogen-bond donors (Lipinski definition) is 0. The molecule has 0 saturated heterocycles. The van der Waals surface area contributed by atoms with Gasteiger partial charge in [0.2, 0.25) is 0 Å². The van der Waals surface area contributed by atoms with Crippen molar-refractivity contribution in [1.82, 2.24) is 9.97 Å². The van der Waals surface area contributed by atoms with E-state index in [0.717, 1.165) is 29.8 Å². The highest BCUT2D eigenvalue weighted by atomic mass is 35.5. The fourth-order valence-corrected chi connectivity index (χ4v) is 2.41. The molecule has 0 N–H and O–H groups in total. The van der Waals surface area contributed by atoms with Crippen LogP contribution in [0.3, 0.4) is 0 Å². The third-order valence-electron chi connectivity index (χ3n) is 2.84. The van der Waals surface area contributed by atoms with Crippen LogP contribution in [0.1, 0.15) is 24.6 Å². The van der Waals surface area contributed by atoms with Crippen molar-refractivity contribution >= 4 is 23.2 Å². The fraction of sp³-hybridized carbons (Fsp3) is 0.231. The second-order valence-electron chi connectivity index (χ2n) is 4.18. The minimum absolute atomic E-state index is 0.443.